The van der Waals surface area contributed by atoms with Gasteiger partial charge in [-0.25, -0.2) is 0 Å². The van der Waals surface area contributed by atoms with Gasteiger partial charge in [-0.05, 0) is 36.2 Å². The summed E-state index contributed by atoms with van der Waals surface area (Å²) < 4.78 is 11.4. The first-order chi connectivity index (χ1) is 15.2. The smallest absolute Gasteiger partial charge is 0.186 e. The fourth-order valence-electron chi connectivity index (χ4n) is 4.08. The van der Waals surface area contributed by atoms with Crippen molar-refractivity contribution < 1.29 is 14.3 Å². The van der Waals surface area contributed by atoms with Crippen molar-refractivity contribution in [2.24, 2.45) is 0 Å². The molecule has 0 amide bonds. The zero-order valence-electron chi connectivity index (χ0n) is 17.3. The molecule has 0 unspecified atom stereocenters. The highest BCUT2D eigenvalue weighted by atomic mass is 16.6. The molecule has 5 nitrogen and oxygen atoms in total. The maximum absolute atomic E-state index is 13.7. The van der Waals surface area contributed by atoms with E-state index in [0.717, 1.165) is 33.5 Å². The third-order valence-corrected chi connectivity index (χ3v) is 5.73. The van der Waals surface area contributed by atoms with E-state index in [1.54, 1.807) is 6.20 Å². The van der Waals surface area contributed by atoms with E-state index < -0.39 is 6.04 Å². The molecule has 0 fully saturated rings. The van der Waals surface area contributed by atoms with Crippen LogP contribution in [0.15, 0.2) is 79.0 Å². The average Bonchev–Trinajstić information content (AvgIpc) is 3.26. The van der Waals surface area contributed by atoms with Crippen LogP contribution in [0.1, 0.15) is 40.5 Å². The van der Waals surface area contributed by atoms with Gasteiger partial charge in [0.15, 0.2) is 17.3 Å². The Bertz CT molecular complexity index is 1220. The highest BCUT2D eigenvalue weighted by Crippen LogP contribution is 2.34. The number of ketones is 1. The zero-order chi connectivity index (χ0) is 21.2. The number of carbonyl (C=O) groups is 1. The van der Waals surface area contributed by atoms with Crippen molar-refractivity contribution in [2.75, 3.05) is 13.2 Å². The number of aromatic amines is 1. The summed E-state index contributed by atoms with van der Waals surface area (Å²) >= 11 is 0. The number of hydrogen-bond acceptors (Lipinski definition) is 4. The molecule has 2 N–H and O–H groups in total. The molecule has 5 heteroatoms. The molecule has 0 saturated heterocycles. The number of ether oxygens (including phenoxy) is 2. The van der Waals surface area contributed by atoms with Gasteiger partial charge in [-0.3, -0.25) is 10.1 Å². The fourth-order valence-corrected chi connectivity index (χ4v) is 4.08. The molecule has 1 aliphatic heterocycles. The van der Waals surface area contributed by atoms with Gasteiger partial charge in [0.05, 0.1) is 6.04 Å². The Kier molecular flexibility index (Phi) is 5.18. The molecule has 2 heterocycles. The summed E-state index contributed by atoms with van der Waals surface area (Å²) in [5, 5.41) is 4.48. The van der Waals surface area contributed by atoms with Crippen molar-refractivity contribution in [3.8, 4) is 11.5 Å². The van der Waals surface area contributed by atoms with Crippen molar-refractivity contribution in [3.05, 3.63) is 95.7 Å². The predicted octanol–water partition coefficient (Wildman–Crippen LogP) is 5.21. The Labute approximate surface area is 181 Å². The summed E-state index contributed by atoms with van der Waals surface area (Å²) in [7, 11) is 0. The average molecular weight is 412 g/mol. The summed E-state index contributed by atoms with van der Waals surface area (Å²) in [4.78, 5) is 16.9. The van der Waals surface area contributed by atoms with Crippen LogP contribution in [-0.4, -0.2) is 24.0 Å². The maximum atomic E-state index is 13.7. The van der Waals surface area contributed by atoms with Gasteiger partial charge >= 0.3 is 0 Å². The van der Waals surface area contributed by atoms with Gasteiger partial charge in [-0.1, -0.05) is 54.6 Å². The van der Waals surface area contributed by atoms with E-state index in [1.165, 1.54) is 0 Å². The third kappa shape index (κ3) is 3.80. The maximum Gasteiger partial charge on any atom is 0.186 e. The van der Waals surface area contributed by atoms with Crippen LogP contribution in [0.2, 0.25) is 0 Å². The summed E-state index contributed by atoms with van der Waals surface area (Å²) in [5.74, 6) is 1.54. The van der Waals surface area contributed by atoms with Crippen LogP contribution in [0.5, 0.6) is 11.5 Å². The number of rotatable bonds is 6. The first kappa shape index (κ1) is 19.4. The second-order valence-corrected chi connectivity index (χ2v) is 7.75. The molecule has 0 saturated carbocycles. The Morgan fingerprint density at radius 3 is 2.48 bits per heavy atom. The van der Waals surface area contributed by atoms with Crippen molar-refractivity contribution >= 4 is 16.7 Å². The van der Waals surface area contributed by atoms with Crippen LogP contribution in [0.25, 0.3) is 10.9 Å². The van der Waals surface area contributed by atoms with Crippen LogP contribution < -0.4 is 14.8 Å². The van der Waals surface area contributed by atoms with Gasteiger partial charge in [-0.15, -0.1) is 0 Å². The van der Waals surface area contributed by atoms with E-state index in [9.17, 15) is 4.79 Å². The number of benzene rings is 3. The summed E-state index contributed by atoms with van der Waals surface area (Å²) in [5.41, 5.74) is 3.61. The van der Waals surface area contributed by atoms with Crippen LogP contribution >= 0.6 is 0 Å². The Morgan fingerprint density at radius 1 is 0.903 bits per heavy atom. The number of aromatic nitrogens is 1. The quantitative estimate of drug-likeness (QED) is 0.427. The standard InChI is InChI=1S/C26H24N2O3/c1-17(19-11-12-23-24(15-19)31-14-13-30-23)28-25(18-7-3-2-4-8-18)26(29)21-16-27-22-10-6-5-9-20(21)22/h2-12,15-17,25,27-28H,13-14H2,1H3/t17-,25-/m0/s1. The van der Waals surface area contributed by atoms with Crippen LogP contribution in [0.3, 0.4) is 0 Å². The minimum absolute atomic E-state index is 0.0352. The number of fused-ring (bicyclic) bond motifs is 2. The number of hydrogen-bond donors (Lipinski definition) is 2. The lowest BCUT2D eigenvalue weighted by molar-refractivity contribution is 0.0938. The molecule has 1 aliphatic rings. The fraction of sp³-hybridized carbons (Fsp3) is 0.192. The van der Waals surface area contributed by atoms with Gasteiger partial charge in [0, 0.05) is 28.7 Å². The Morgan fingerprint density at radius 2 is 1.65 bits per heavy atom. The van der Waals surface area contributed by atoms with Crippen LogP contribution in [0, 0.1) is 0 Å². The van der Waals surface area contributed by atoms with Gasteiger partial charge in [0.25, 0.3) is 0 Å². The summed E-state index contributed by atoms with van der Waals surface area (Å²) in [6, 6.07) is 23.1. The van der Waals surface area contributed by atoms with Crippen LogP contribution in [0.4, 0.5) is 0 Å². The predicted molar refractivity (Wildman–Crippen MR) is 121 cm³/mol. The van der Waals surface area contributed by atoms with Gasteiger partial charge < -0.3 is 14.5 Å². The van der Waals surface area contributed by atoms with Crippen molar-refractivity contribution in [3.63, 3.8) is 0 Å². The molecule has 0 bridgehead atoms. The van der Waals surface area contributed by atoms with E-state index in [4.69, 9.17) is 9.47 Å². The molecule has 3 aromatic carbocycles. The van der Waals surface area contributed by atoms with Crippen LogP contribution in [-0.2, 0) is 0 Å². The van der Waals surface area contributed by atoms with E-state index in [1.807, 2.05) is 72.8 Å². The molecule has 0 spiro atoms. The normalized spacial score (nSPS) is 14.9. The molecular formula is C26H24N2O3. The van der Waals surface area contributed by atoms with Gasteiger partial charge in [0.1, 0.15) is 13.2 Å². The van der Waals surface area contributed by atoms with E-state index in [2.05, 4.69) is 17.2 Å². The second kappa shape index (κ2) is 8.28. The van der Waals surface area contributed by atoms with E-state index in [0.29, 0.717) is 18.8 Å². The van der Waals surface area contributed by atoms with Crippen molar-refractivity contribution in [2.45, 2.75) is 19.0 Å². The number of para-hydroxylation sites is 1. The highest BCUT2D eigenvalue weighted by molar-refractivity contribution is 6.10. The zero-order valence-corrected chi connectivity index (χ0v) is 17.3. The van der Waals surface area contributed by atoms with E-state index >= 15 is 0 Å². The molecule has 1 aromatic heterocycles. The first-order valence-electron chi connectivity index (χ1n) is 10.5. The monoisotopic (exact) mass is 412 g/mol. The minimum Gasteiger partial charge on any atom is -0.486 e. The SMILES string of the molecule is C[C@H](N[C@H](C(=O)c1c[nH]c2ccccc12)c1ccccc1)c1ccc2c(c1)OCCO2. The third-order valence-electron chi connectivity index (χ3n) is 5.73. The van der Waals surface area contributed by atoms with Crippen molar-refractivity contribution in [1.29, 1.82) is 0 Å². The van der Waals surface area contributed by atoms with E-state index in [-0.39, 0.29) is 11.8 Å². The van der Waals surface area contributed by atoms with Gasteiger partial charge in [-0.2, -0.15) is 0 Å². The molecule has 4 aromatic rings. The van der Waals surface area contributed by atoms with Crippen molar-refractivity contribution in [1.82, 2.24) is 10.3 Å². The topological polar surface area (TPSA) is 63.4 Å². The number of Topliss-reactive ketones (excluding diaryl/α,β-unsaturated/α-hetero) is 1. The molecule has 5 rings (SSSR count). The number of carbonyl (C=O) groups excluding carboxylic acids is 1. The summed E-state index contributed by atoms with van der Waals surface area (Å²) in [6.07, 6.45) is 1.80. The molecule has 31 heavy (non-hydrogen) atoms. The molecule has 156 valence electrons. The van der Waals surface area contributed by atoms with Gasteiger partial charge in [0.2, 0.25) is 0 Å². The number of H-pyrrole nitrogens is 1. The lowest BCUT2D eigenvalue weighted by Gasteiger charge is -2.25. The molecule has 0 radical (unpaired) electrons. The largest absolute Gasteiger partial charge is 0.486 e. The molecular weight excluding hydrogens is 388 g/mol. The number of nitrogens with one attached hydrogen (secondary N) is 2. The lowest BCUT2D eigenvalue weighted by atomic mass is 9.95. The first-order valence-corrected chi connectivity index (χ1v) is 10.5. The molecule has 0 aliphatic carbocycles. The Hall–Kier alpha value is -3.57. The highest BCUT2D eigenvalue weighted by Gasteiger charge is 2.26. The minimum atomic E-state index is -0.483. The lowest BCUT2D eigenvalue weighted by Crippen LogP contribution is -2.31. The Balaban J connectivity index is 1.48. The molecule has 2 atom stereocenters. The second-order valence-electron chi connectivity index (χ2n) is 7.75. The summed E-state index contributed by atoms with van der Waals surface area (Å²) in [6.45, 7) is 3.17.